The molecule has 0 N–H and O–H groups in total. The molecule has 7 aromatic rings. The standard InChI is InChI=1S/C33H33.C15H14Cl2.C5H5.Zr/c1-32(2,3)30-20-26-24(18-28(30)22-13-9-7-10-14-22)17-25-19-29(23-15-11-8-12-16-23)31(21-27(25)26)33(4,5)6;1-11-3-7-13(8-4-11)15(16,17)14-9-5-12(2)6-10-14;1-2-4-5-3-1;/h7-16,18,20-21H,17H2,1-6H3;3-10H,1-2H3;1-5H;/q-1;;-1;+2. The molecule has 0 saturated heterocycles. The molecule has 0 bridgehead atoms. The monoisotopic (exact) mass is 848 g/mol. The number of alkyl halides is 2. The first-order valence-electron chi connectivity index (χ1n) is 19.2. The van der Waals surface area contributed by atoms with E-state index >= 15 is 0 Å². The van der Waals surface area contributed by atoms with Crippen LogP contribution in [0.15, 0.2) is 158 Å². The van der Waals surface area contributed by atoms with Crippen LogP contribution in [0.25, 0.3) is 33.4 Å². The van der Waals surface area contributed by atoms with E-state index in [1.165, 1.54) is 66.8 Å². The molecule has 282 valence electrons. The molecule has 1 aliphatic carbocycles. The van der Waals surface area contributed by atoms with Crippen LogP contribution in [0.4, 0.5) is 0 Å². The summed E-state index contributed by atoms with van der Waals surface area (Å²) in [6, 6.07) is 58.8. The zero-order valence-corrected chi connectivity index (χ0v) is 37.9. The Labute approximate surface area is 365 Å². The average Bonchev–Trinajstić information content (AvgIpc) is 3.86. The Kier molecular flexibility index (Phi) is 14.0. The Morgan fingerprint density at radius 3 is 1.43 bits per heavy atom. The molecule has 0 fully saturated rings. The third-order valence-corrected chi connectivity index (χ3v) is 11.1. The smallest absolute Gasteiger partial charge is 0.214 e. The van der Waals surface area contributed by atoms with Gasteiger partial charge in [0.1, 0.15) is 0 Å². The number of hydrogen-bond donors (Lipinski definition) is 0. The van der Waals surface area contributed by atoms with Crippen LogP contribution >= 0.6 is 23.2 Å². The van der Waals surface area contributed by atoms with Crippen molar-refractivity contribution in [3.05, 3.63) is 208 Å². The first-order chi connectivity index (χ1) is 26.1. The number of hydrogen-bond acceptors (Lipinski definition) is 0. The SMILES string of the molecule is CC(C)(C)c1cc2c([c-]c1-c1ccccc1)Cc1cc(-c3ccccc3)c(C(C)(C)C)cc1-2.Cc1ccc(C(Cl)(Cl)c2ccc(C)cc2)cc1.[Zr+2].c1cc[cH-]c1. The summed E-state index contributed by atoms with van der Waals surface area (Å²) in [7, 11) is 0. The van der Waals surface area contributed by atoms with Crippen LogP contribution in [0.3, 0.4) is 0 Å². The Hall–Kier alpha value is -3.87. The van der Waals surface area contributed by atoms with E-state index in [4.69, 9.17) is 23.2 Å². The molecular weight excluding hydrogens is 799 g/mol. The second-order valence-corrected chi connectivity index (χ2v) is 18.0. The number of benzene rings is 6. The van der Waals surface area contributed by atoms with Crippen molar-refractivity contribution < 1.29 is 26.2 Å². The fourth-order valence-electron chi connectivity index (χ4n) is 7.12. The van der Waals surface area contributed by atoms with Gasteiger partial charge in [-0.15, -0.1) is 28.8 Å². The van der Waals surface area contributed by atoms with Gasteiger partial charge in [0.15, 0.2) is 4.33 Å². The van der Waals surface area contributed by atoms with E-state index < -0.39 is 4.33 Å². The summed E-state index contributed by atoms with van der Waals surface area (Å²) < 4.78 is -0.985. The van der Waals surface area contributed by atoms with Gasteiger partial charge in [-0.05, 0) is 64.5 Å². The number of aryl methyl sites for hydroxylation is 2. The maximum absolute atomic E-state index is 6.46. The van der Waals surface area contributed by atoms with Crippen LogP contribution in [-0.4, -0.2) is 0 Å². The molecule has 0 atom stereocenters. The van der Waals surface area contributed by atoms with Gasteiger partial charge in [0.2, 0.25) is 0 Å². The molecule has 0 aliphatic heterocycles. The van der Waals surface area contributed by atoms with Gasteiger partial charge >= 0.3 is 26.2 Å². The number of fused-ring (bicyclic) bond motifs is 3. The normalized spacial score (nSPS) is 11.9. The Balaban J connectivity index is 0.000000217. The van der Waals surface area contributed by atoms with Gasteiger partial charge in [0, 0.05) is 0 Å². The van der Waals surface area contributed by atoms with E-state index in [0.29, 0.717) is 0 Å². The van der Waals surface area contributed by atoms with Crippen molar-refractivity contribution in [3.63, 3.8) is 0 Å². The molecule has 0 heterocycles. The van der Waals surface area contributed by atoms with Gasteiger partial charge in [-0.2, -0.15) is 18.2 Å². The number of rotatable bonds is 4. The van der Waals surface area contributed by atoms with E-state index in [1.54, 1.807) is 0 Å². The average molecular weight is 851 g/mol. The maximum Gasteiger partial charge on any atom is 2.00 e. The van der Waals surface area contributed by atoms with Gasteiger partial charge in [0.05, 0.1) is 0 Å². The maximum atomic E-state index is 6.46. The Morgan fingerprint density at radius 1 is 0.518 bits per heavy atom. The van der Waals surface area contributed by atoms with E-state index in [2.05, 4.69) is 126 Å². The summed E-state index contributed by atoms with van der Waals surface area (Å²) in [4.78, 5) is 0. The van der Waals surface area contributed by atoms with Crippen LogP contribution in [-0.2, 0) is 47.8 Å². The molecule has 8 rings (SSSR count). The van der Waals surface area contributed by atoms with Crippen molar-refractivity contribution in [3.8, 4) is 33.4 Å². The van der Waals surface area contributed by atoms with Crippen LogP contribution in [0, 0.1) is 19.9 Å². The largest absolute Gasteiger partial charge is 2.00 e. The molecule has 56 heavy (non-hydrogen) atoms. The summed E-state index contributed by atoms with van der Waals surface area (Å²) in [5.74, 6) is 0. The summed E-state index contributed by atoms with van der Waals surface area (Å²) in [6.45, 7) is 18.0. The molecule has 3 heteroatoms. The third-order valence-electron chi connectivity index (χ3n) is 10.2. The van der Waals surface area contributed by atoms with E-state index in [9.17, 15) is 0 Å². The molecular formula is C53H52Cl2Zr. The molecule has 0 radical (unpaired) electrons. The Bertz CT molecular complexity index is 2130. The third kappa shape index (κ3) is 10.2. The van der Waals surface area contributed by atoms with Crippen LogP contribution in [0.2, 0.25) is 0 Å². The van der Waals surface area contributed by atoms with Gasteiger partial charge in [-0.1, -0.05) is 214 Å². The fourth-order valence-corrected chi connectivity index (χ4v) is 7.62. The topological polar surface area (TPSA) is 0 Å². The fraction of sp³-hybridized carbons (Fsp3) is 0.226. The molecule has 0 nitrogen and oxygen atoms in total. The van der Waals surface area contributed by atoms with Crippen molar-refractivity contribution in [2.45, 2.75) is 77.0 Å². The number of halogens is 2. The van der Waals surface area contributed by atoms with Crippen molar-refractivity contribution in [2.75, 3.05) is 0 Å². The summed E-state index contributed by atoms with van der Waals surface area (Å²) in [5, 5.41) is 0. The van der Waals surface area contributed by atoms with Crippen molar-refractivity contribution in [2.24, 2.45) is 0 Å². The molecule has 7 aromatic carbocycles. The zero-order valence-electron chi connectivity index (χ0n) is 34.0. The molecule has 1 aliphatic rings. The predicted molar refractivity (Wildman–Crippen MR) is 239 cm³/mol. The van der Waals surface area contributed by atoms with Crippen molar-refractivity contribution >= 4 is 23.2 Å². The zero-order chi connectivity index (χ0) is 39.4. The summed E-state index contributed by atoms with van der Waals surface area (Å²) in [6.07, 6.45) is 0.944. The Morgan fingerprint density at radius 2 is 0.982 bits per heavy atom. The van der Waals surface area contributed by atoms with Crippen molar-refractivity contribution in [1.29, 1.82) is 0 Å². The van der Waals surface area contributed by atoms with Gasteiger partial charge in [-0.25, -0.2) is 12.1 Å². The minimum Gasteiger partial charge on any atom is -0.214 e. The first-order valence-corrected chi connectivity index (χ1v) is 20.0. The van der Waals surface area contributed by atoms with Crippen LogP contribution < -0.4 is 0 Å². The predicted octanol–water partition coefficient (Wildman–Crippen LogP) is 15.4. The molecule has 0 saturated carbocycles. The molecule has 0 spiro atoms. The first kappa shape index (κ1) is 43.3. The van der Waals surface area contributed by atoms with E-state index in [-0.39, 0.29) is 37.0 Å². The van der Waals surface area contributed by atoms with Gasteiger partial charge in [-0.3, -0.25) is 0 Å². The van der Waals surface area contributed by atoms with Crippen LogP contribution in [0.1, 0.15) is 86.1 Å². The van der Waals surface area contributed by atoms with Crippen molar-refractivity contribution in [1.82, 2.24) is 0 Å². The molecule has 0 aromatic heterocycles. The minimum atomic E-state index is -0.985. The second-order valence-electron chi connectivity index (χ2n) is 16.7. The van der Waals surface area contributed by atoms with Crippen LogP contribution in [0.5, 0.6) is 0 Å². The second kappa shape index (κ2) is 18.2. The molecule has 0 unspecified atom stereocenters. The van der Waals surface area contributed by atoms with Gasteiger partial charge < -0.3 is 0 Å². The van der Waals surface area contributed by atoms with E-state index in [1.807, 2.05) is 92.7 Å². The summed E-state index contributed by atoms with van der Waals surface area (Å²) >= 11 is 12.9. The summed E-state index contributed by atoms with van der Waals surface area (Å²) in [5.41, 5.74) is 17.7. The minimum absolute atomic E-state index is 0. The quantitative estimate of drug-likeness (QED) is 0.122. The van der Waals surface area contributed by atoms with E-state index in [0.717, 1.165) is 17.5 Å². The van der Waals surface area contributed by atoms with Gasteiger partial charge in [0.25, 0.3) is 0 Å². The molecule has 0 amide bonds.